The van der Waals surface area contributed by atoms with Gasteiger partial charge < -0.3 is 10.2 Å². The fourth-order valence-corrected chi connectivity index (χ4v) is 6.18. The average molecular weight is 352 g/mol. The number of hydrogen-bond donors (Lipinski definition) is 1. The molecule has 2 atom stereocenters. The summed E-state index contributed by atoms with van der Waals surface area (Å²) in [6.07, 6.45) is 0.343. The predicted molar refractivity (Wildman–Crippen MR) is 79.6 cm³/mol. The maximum Gasteiger partial charge on any atom is 0.232 e. The third-order valence-corrected chi connectivity index (χ3v) is 7.58. The van der Waals surface area contributed by atoms with Crippen LogP contribution in [-0.4, -0.2) is 75.7 Å². The summed E-state index contributed by atoms with van der Waals surface area (Å²) in [5, 5.41) is 2.54. The number of hydrogen-bond acceptors (Lipinski definition) is 6. The monoisotopic (exact) mass is 352 g/mol. The number of carbonyl (C=O) groups excluding carboxylic acids is 2. The van der Waals surface area contributed by atoms with Crippen molar-refractivity contribution in [3.8, 4) is 0 Å². The minimum Gasteiger partial charge on any atom is -0.352 e. The van der Waals surface area contributed by atoms with Gasteiger partial charge in [-0.1, -0.05) is 0 Å². The van der Waals surface area contributed by atoms with Crippen molar-refractivity contribution in [2.24, 2.45) is 0 Å². The van der Waals surface area contributed by atoms with Crippen molar-refractivity contribution in [1.29, 1.82) is 0 Å². The quantitative estimate of drug-likeness (QED) is 0.604. The van der Waals surface area contributed by atoms with Crippen LogP contribution in [0.3, 0.4) is 0 Å². The van der Waals surface area contributed by atoms with E-state index in [1.54, 1.807) is 0 Å². The third-order valence-electron chi connectivity index (χ3n) is 4.06. The summed E-state index contributed by atoms with van der Waals surface area (Å²) in [4.78, 5) is 25.1. The third kappa shape index (κ3) is 4.42. The number of carbonyl (C=O) groups is 2. The number of amides is 2. The molecule has 2 aliphatic rings. The fourth-order valence-electron chi connectivity index (χ4n) is 2.73. The van der Waals surface area contributed by atoms with Crippen molar-refractivity contribution in [1.82, 2.24) is 10.2 Å². The Kier molecular flexibility index (Phi) is 4.81. The van der Waals surface area contributed by atoms with Gasteiger partial charge >= 0.3 is 0 Å². The van der Waals surface area contributed by atoms with Gasteiger partial charge in [0.05, 0.1) is 23.0 Å². The first-order chi connectivity index (χ1) is 10.1. The molecular weight excluding hydrogens is 332 g/mol. The van der Waals surface area contributed by atoms with E-state index < -0.39 is 50.0 Å². The largest absolute Gasteiger partial charge is 0.352 e. The molecule has 2 unspecified atom stereocenters. The summed E-state index contributed by atoms with van der Waals surface area (Å²) in [5.41, 5.74) is 0. The number of nitrogens with zero attached hydrogens (tertiary/aromatic N) is 1. The second kappa shape index (κ2) is 6.15. The van der Waals surface area contributed by atoms with Crippen molar-refractivity contribution < 1.29 is 26.4 Å². The first-order valence-corrected chi connectivity index (χ1v) is 10.7. The Bertz CT molecular complexity index is 670. The van der Waals surface area contributed by atoms with Crippen LogP contribution in [0.2, 0.25) is 0 Å². The SMILES string of the molecule is CN(C(=O)CC(=O)NC1CCS(=O)(=O)C1)C1CCS(=O)(=O)C1. The topological polar surface area (TPSA) is 118 Å². The molecule has 0 aromatic carbocycles. The van der Waals surface area contributed by atoms with Gasteiger partial charge in [-0.25, -0.2) is 16.8 Å². The predicted octanol–water partition coefficient (Wildman–Crippen LogP) is -1.67. The molecule has 10 heteroatoms. The molecule has 2 rings (SSSR count). The molecule has 2 saturated heterocycles. The van der Waals surface area contributed by atoms with E-state index in [2.05, 4.69) is 5.32 Å². The molecule has 0 saturated carbocycles. The Morgan fingerprint density at radius 1 is 1.05 bits per heavy atom. The second-order valence-electron chi connectivity index (χ2n) is 5.91. The Balaban J connectivity index is 1.83. The van der Waals surface area contributed by atoms with Crippen LogP contribution in [0.1, 0.15) is 19.3 Å². The Labute approximate surface area is 130 Å². The highest BCUT2D eigenvalue weighted by Crippen LogP contribution is 2.17. The van der Waals surface area contributed by atoms with Crippen LogP contribution in [-0.2, 0) is 29.3 Å². The lowest BCUT2D eigenvalue weighted by atomic mass is 10.2. The molecule has 0 aliphatic carbocycles. The maximum absolute atomic E-state index is 12.0. The van der Waals surface area contributed by atoms with Crippen molar-refractivity contribution in [3.63, 3.8) is 0 Å². The van der Waals surface area contributed by atoms with Crippen LogP contribution < -0.4 is 5.32 Å². The van der Waals surface area contributed by atoms with E-state index >= 15 is 0 Å². The molecule has 2 aliphatic heterocycles. The lowest BCUT2D eigenvalue weighted by Gasteiger charge is -2.23. The van der Waals surface area contributed by atoms with E-state index in [0.29, 0.717) is 12.8 Å². The van der Waals surface area contributed by atoms with Gasteiger partial charge in [0.15, 0.2) is 19.7 Å². The van der Waals surface area contributed by atoms with E-state index in [1.807, 2.05) is 0 Å². The molecule has 0 aromatic heterocycles. The van der Waals surface area contributed by atoms with Crippen LogP contribution in [0.5, 0.6) is 0 Å². The van der Waals surface area contributed by atoms with Crippen LogP contribution >= 0.6 is 0 Å². The fraction of sp³-hybridized carbons (Fsp3) is 0.833. The zero-order valence-corrected chi connectivity index (χ0v) is 14.0. The average Bonchev–Trinajstić information content (AvgIpc) is 2.90. The molecule has 22 heavy (non-hydrogen) atoms. The lowest BCUT2D eigenvalue weighted by Crippen LogP contribution is -2.42. The highest BCUT2D eigenvalue weighted by molar-refractivity contribution is 7.91. The van der Waals surface area contributed by atoms with Gasteiger partial charge in [-0.2, -0.15) is 0 Å². The lowest BCUT2D eigenvalue weighted by molar-refractivity contribution is -0.136. The number of sulfone groups is 2. The van der Waals surface area contributed by atoms with E-state index in [-0.39, 0.29) is 23.0 Å². The molecule has 8 nitrogen and oxygen atoms in total. The normalized spacial score (nSPS) is 29.1. The summed E-state index contributed by atoms with van der Waals surface area (Å²) in [5.74, 6) is -1.05. The molecule has 1 N–H and O–H groups in total. The summed E-state index contributed by atoms with van der Waals surface area (Å²) >= 11 is 0. The first kappa shape index (κ1) is 17.2. The van der Waals surface area contributed by atoms with Crippen LogP contribution in [0.15, 0.2) is 0 Å². The van der Waals surface area contributed by atoms with Gasteiger partial charge in [0.1, 0.15) is 6.42 Å². The van der Waals surface area contributed by atoms with Gasteiger partial charge in [-0.05, 0) is 12.8 Å². The van der Waals surface area contributed by atoms with Gasteiger partial charge in [0.2, 0.25) is 11.8 Å². The van der Waals surface area contributed by atoms with Crippen LogP contribution in [0.4, 0.5) is 0 Å². The molecule has 0 spiro atoms. The smallest absolute Gasteiger partial charge is 0.232 e. The van der Waals surface area contributed by atoms with Gasteiger partial charge in [-0.15, -0.1) is 0 Å². The minimum atomic E-state index is -3.10. The molecule has 2 amide bonds. The van der Waals surface area contributed by atoms with Gasteiger partial charge in [0, 0.05) is 19.1 Å². The Morgan fingerprint density at radius 3 is 2.14 bits per heavy atom. The van der Waals surface area contributed by atoms with E-state index in [1.165, 1.54) is 11.9 Å². The van der Waals surface area contributed by atoms with Crippen LogP contribution in [0.25, 0.3) is 0 Å². The highest BCUT2D eigenvalue weighted by atomic mass is 32.2. The summed E-state index contributed by atoms with van der Waals surface area (Å²) < 4.78 is 45.4. The standard InChI is InChI=1S/C12H20N2O6S2/c1-14(10-3-5-22(19,20)8-10)12(16)6-11(15)13-9-2-4-21(17,18)7-9/h9-10H,2-8H2,1H3,(H,13,15). The van der Waals surface area contributed by atoms with Crippen molar-refractivity contribution in [2.45, 2.75) is 31.3 Å². The zero-order chi connectivity index (χ0) is 16.5. The molecular formula is C12H20N2O6S2. The summed E-state index contributed by atoms with van der Waals surface area (Å²) in [6, 6.07) is -0.834. The zero-order valence-electron chi connectivity index (χ0n) is 12.3. The minimum absolute atomic E-state index is 0.0474. The highest BCUT2D eigenvalue weighted by Gasteiger charge is 2.34. The van der Waals surface area contributed by atoms with Crippen LogP contribution in [0, 0.1) is 0 Å². The second-order valence-corrected chi connectivity index (χ2v) is 10.4. The molecule has 126 valence electrons. The molecule has 2 fully saturated rings. The van der Waals surface area contributed by atoms with E-state index in [4.69, 9.17) is 0 Å². The van der Waals surface area contributed by atoms with E-state index in [9.17, 15) is 26.4 Å². The Morgan fingerprint density at radius 2 is 1.64 bits per heavy atom. The van der Waals surface area contributed by atoms with Crippen molar-refractivity contribution in [2.75, 3.05) is 30.1 Å². The summed E-state index contributed by atoms with van der Waals surface area (Å²) in [6.45, 7) is 0. The molecule has 2 heterocycles. The number of nitrogens with one attached hydrogen (secondary N) is 1. The molecule has 0 radical (unpaired) electrons. The van der Waals surface area contributed by atoms with Crippen molar-refractivity contribution in [3.05, 3.63) is 0 Å². The van der Waals surface area contributed by atoms with Gasteiger partial charge in [-0.3, -0.25) is 9.59 Å². The Hall–Kier alpha value is -1.16. The molecule has 0 bridgehead atoms. The van der Waals surface area contributed by atoms with Gasteiger partial charge in [0.25, 0.3) is 0 Å². The molecule has 0 aromatic rings. The first-order valence-electron chi connectivity index (χ1n) is 7.04. The maximum atomic E-state index is 12.0. The number of rotatable bonds is 4. The summed E-state index contributed by atoms with van der Waals surface area (Å²) in [7, 11) is -4.70. The van der Waals surface area contributed by atoms with E-state index in [0.717, 1.165) is 0 Å². The van der Waals surface area contributed by atoms with Crippen molar-refractivity contribution >= 4 is 31.5 Å².